The van der Waals surface area contributed by atoms with Crippen LogP contribution < -0.4 is 10.1 Å². The van der Waals surface area contributed by atoms with Crippen molar-refractivity contribution in [3.63, 3.8) is 0 Å². The number of amides is 2. The minimum absolute atomic E-state index is 0.0386. The molecule has 2 fully saturated rings. The fraction of sp³-hybridized carbons (Fsp3) is 0.579. The number of nitrogens with zero attached hydrogens (tertiary/aromatic N) is 1. The second kappa shape index (κ2) is 7.87. The maximum absolute atomic E-state index is 12.8. The Labute approximate surface area is 148 Å². The second-order valence-corrected chi connectivity index (χ2v) is 6.72. The molecule has 3 rings (SSSR count). The Kier molecular flexibility index (Phi) is 5.58. The first kappa shape index (κ1) is 17.7. The summed E-state index contributed by atoms with van der Waals surface area (Å²) in [5.41, 5.74) is 1.68. The number of aryl methyl sites for hydroxylation is 1. The summed E-state index contributed by atoms with van der Waals surface area (Å²) in [5, 5.41) is 2.95. The lowest BCUT2D eigenvalue weighted by atomic mass is 10.00. The van der Waals surface area contributed by atoms with E-state index in [1.54, 1.807) is 12.0 Å². The van der Waals surface area contributed by atoms with Crippen LogP contribution in [0.15, 0.2) is 18.2 Å². The largest absolute Gasteiger partial charge is 0.496 e. The van der Waals surface area contributed by atoms with E-state index in [9.17, 15) is 9.59 Å². The average molecular weight is 346 g/mol. The Hall–Kier alpha value is -2.08. The first-order valence-electron chi connectivity index (χ1n) is 8.97. The molecule has 136 valence electrons. The Morgan fingerprint density at radius 2 is 2.08 bits per heavy atom. The predicted octanol–water partition coefficient (Wildman–Crippen LogP) is 2.50. The van der Waals surface area contributed by atoms with Gasteiger partial charge in [-0.1, -0.05) is 0 Å². The summed E-state index contributed by atoms with van der Waals surface area (Å²) in [6, 6.07) is 5.11. The fourth-order valence-electron chi connectivity index (χ4n) is 3.61. The molecular formula is C19H26N2O4. The van der Waals surface area contributed by atoms with E-state index in [4.69, 9.17) is 9.47 Å². The summed E-state index contributed by atoms with van der Waals surface area (Å²) in [5.74, 6) is 0.615. The molecule has 2 amide bonds. The number of anilines is 1. The van der Waals surface area contributed by atoms with Gasteiger partial charge in [0, 0.05) is 18.8 Å². The van der Waals surface area contributed by atoms with E-state index in [0.29, 0.717) is 19.6 Å². The van der Waals surface area contributed by atoms with Gasteiger partial charge in [0.2, 0.25) is 5.91 Å². The number of likely N-dealkylation sites (tertiary alicyclic amines) is 1. The molecule has 0 radical (unpaired) electrons. The third-order valence-corrected chi connectivity index (χ3v) is 4.96. The van der Waals surface area contributed by atoms with E-state index in [0.717, 1.165) is 42.7 Å². The van der Waals surface area contributed by atoms with Gasteiger partial charge in [0.15, 0.2) is 0 Å². The number of rotatable bonds is 4. The van der Waals surface area contributed by atoms with Gasteiger partial charge in [0.05, 0.1) is 7.11 Å². The SMILES string of the molecule is COc1ccc(NC(=O)C2CCCCN2C(=O)C2CCCO2)cc1C. The Morgan fingerprint density at radius 1 is 1.24 bits per heavy atom. The molecular weight excluding hydrogens is 320 g/mol. The summed E-state index contributed by atoms with van der Waals surface area (Å²) >= 11 is 0. The number of carbonyl (C=O) groups is 2. The molecule has 0 aliphatic carbocycles. The molecule has 2 aliphatic rings. The van der Waals surface area contributed by atoms with Crippen LogP contribution in [0.1, 0.15) is 37.7 Å². The average Bonchev–Trinajstić information content (AvgIpc) is 3.16. The number of piperidine rings is 1. The minimum atomic E-state index is -0.423. The number of carbonyl (C=O) groups excluding carboxylic acids is 2. The molecule has 25 heavy (non-hydrogen) atoms. The van der Waals surface area contributed by atoms with Gasteiger partial charge in [-0.05, 0) is 62.8 Å². The van der Waals surface area contributed by atoms with E-state index < -0.39 is 6.04 Å². The number of methoxy groups -OCH3 is 1. The second-order valence-electron chi connectivity index (χ2n) is 6.72. The standard InChI is InChI=1S/C19H26N2O4/c1-13-12-14(8-9-16(13)24-2)20-18(22)15-6-3-4-10-21(15)19(23)17-7-5-11-25-17/h8-9,12,15,17H,3-7,10-11H2,1-2H3,(H,20,22). The molecule has 0 saturated carbocycles. The number of nitrogens with one attached hydrogen (secondary N) is 1. The van der Waals surface area contributed by atoms with Crippen molar-refractivity contribution < 1.29 is 19.1 Å². The van der Waals surface area contributed by atoms with Gasteiger partial charge in [0.1, 0.15) is 17.9 Å². The van der Waals surface area contributed by atoms with Crippen LogP contribution in [0.25, 0.3) is 0 Å². The summed E-state index contributed by atoms with van der Waals surface area (Å²) in [6.45, 7) is 3.19. The van der Waals surface area contributed by atoms with Crippen LogP contribution in [0.5, 0.6) is 5.75 Å². The Balaban J connectivity index is 1.70. The first-order chi connectivity index (χ1) is 12.1. The van der Waals surface area contributed by atoms with Gasteiger partial charge in [0.25, 0.3) is 5.91 Å². The van der Waals surface area contributed by atoms with Crippen LogP contribution in [-0.2, 0) is 14.3 Å². The maximum Gasteiger partial charge on any atom is 0.252 e. The lowest BCUT2D eigenvalue weighted by Crippen LogP contribution is -2.52. The lowest BCUT2D eigenvalue weighted by Gasteiger charge is -2.36. The van der Waals surface area contributed by atoms with Crippen molar-refractivity contribution in [2.24, 2.45) is 0 Å². The summed E-state index contributed by atoms with van der Waals surface area (Å²) < 4.78 is 10.8. The highest BCUT2D eigenvalue weighted by molar-refractivity contribution is 5.98. The Bertz CT molecular complexity index is 640. The van der Waals surface area contributed by atoms with Gasteiger partial charge in [-0.15, -0.1) is 0 Å². The van der Waals surface area contributed by atoms with Gasteiger partial charge >= 0.3 is 0 Å². The molecule has 2 aliphatic heterocycles. The summed E-state index contributed by atoms with van der Waals surface area (Å²) in [7, 11) is 1.62. The molecule has 0 bridgehead atoms. The van der Waals surface area contributed by atoms with Crippen molar-refractivity contribution >= 4 is 17.5 Å². The van der Waals surface area contributed by atoms with Crippen LogP contribution in [0.3, 0.4) is 0 Å². The van der Waals surface area contributed by atoms with Crippen molar-refractivity contribution in [1.82, 2.24) is 4.90 Å². The minimum Gasteiger partial charge on any atom is -0.496 e. The van der Waals surface area contributed by atoms with Crippen LogP contribution in [0, 0.1) is 6.92 Å². The maximum atomic E-state index is 12.8. The van der Waals surface area contributed by atoms with E-state index in [1.807, 2.05) is 25.1 Å². The van der Waals surface area contributed by atoms with Gasteiger partial charge in [-0.2, -0.15) is 0 Å². The van der Waals surface area contributed by atoms with Crippen LogP contribution in [0.4, 0.5) is 5.69 Å². The van der Waals surface area contributed by atoms with Gasteiger partial charge in [-0.3, -0.25) is 9.59 Å². The van der Waals surface area contributed by atoms with Crippen molar-refractivity contribution in [1.29, 1.82) is 0 Å². The van der Waals surface area contributed by atoms with Crippen molar-refractivity contribution in [2.75, 3.05) is 25.6 Å². The fourth-order valence-corrected chi connectivity index (χ4v) is 3.61. The molecule has 1 N–H and O–H groups in total. The van der Waals surface area contributed by atoms with E-state index in [-0.39, 0.29) is 17.9 Å². The van der Waals surface area contributed by atoms with Crippen LogP contribution >= 0.6 is 0 Å². The summed E-state index contributed by atoms with van der Waals surface area (Å²) in [4.78, 5) is 27.2. The number of hydrogen-bond donors (Lipinski definition) is 1. The quantitative estimate of drug-likeness (QED) is 0.909. The number of hydrogen-bond acceptors (Lipinski definition) is 4. The molecule has 2 unspecified atom stereocenters. The molecule has 0 aromatic heterocycles. The molecule has 6 nitrogen and oxygen atoms in total. The molecule has 0 spiro atoms. The first-order valence-corrected chi connectivity index (χ1v) is 8.97. The van der Waals surface area contributed by atoms with Crippen LogP contribution in [0.2, 0.25) is 0 Å². The van der Waals surface area contributed by atoms with E-state index in [2.05, 4.69) is 5.32 Å². The topological polar surface area (TPSA) is 67.9 Å². The highest BCUT2D eigenvalue weighted by atomic mass is 16.5. The molecule has 2 saturated heterocycles. The third kappa shape index (κ3) is 3.95. The number of ether oxygens (including phenoxy) is 2. The highest BCUT2D eigenvalue weighted by Crippen LogP contribution is 2.25. The molecule has 6 heteroatoms. The van der Waals surface area contributed by atoms with Crippen molar-refractivity contribution in [3.05, 3.63) is 23.8 Å². The lowest BCUT2D eigenvalue weighted by molar-refractivity contribution is -0.148. The number of benzene rings is 1. The summed E-state index contributed by atoms with van der Waals surface area (Å²) in [6.07, 6.45) is 3.86. The van der Waals surface area contributed by atoms with Crippen molar-refractivity contribution in [3.8, 4) is 5.75 Å². The molecule has 1 aromatic rings. The third-order valence-electron chi connectivity index (χ3n) is 4.96. The zero-order valence-electron chi connectivity index (χ0n) is 14.9. The Morgan fingerprint density at radius 3 is 2.76 bits per heavy atom. The van der Waals surface area contributed by atoms with E-state index >= 15 is 0 Å². The van der Waals surface area contributed by atoms with E-state index in [1.165, 1.54) is 0 Å². The molecule has 2 heterocycles. The monoisotopic (exact) mass is 346 g/mol. The van der Waals surface area contributed by atoms with Gasteiger partial charge < -0.3 is 19.7 Å². The highest BCUT2D eigenvalue weighted by Gasteiger charge is 2.37. The molecule has 1 aromatic carbocycles. The normalized spacial score (nSPS) is 23.4. The zero-order valence-corrected chi connectivity index (χ0v) is 14.9. The molecule has 2 atom stereocenters. The van der Waals surface area contributed by atoms with Crippen LogP contribution in [-0.4, -0.2) is 49.1 Å². The van der Waals surface area contributed by atoms with Crippen molar-refractivity contribution in [2.45, 2.75) is 51.2 Å². The van der Waals surface area contributed by atoms with Gasteiger partial charge in [-0.25, -0.2) is 0 Å². The predicted molar refractivity (Wildman–Crippen MR) is 94.7 cm³/mol. The smallest absolute Gasteiger partial charge is 0.252 e. The zero-order chi connectivity index (χ0) is 17.8.